The second kappa shape index (κ2) is 5.79. The van der Waals surface area contributed by atoms with E-state index < -0.39 is 0 Å². The summed E-state index contributed by atoms with van der Waals surface area (Å²) < 4.78 is 0. The molecule has 5 nitrogen and oxygen atoms in total. The van der Waals surface area contributed by atoms with Gasteiger partial charge in [-0.05, 0) is 25.5 Å². The van der Waals surface area contributed by atoms with Crippen molar-refractivity contribution in [1.29, 1.82) is 0 Å². The van der Waals surface area contributed by atoms with E-state index in [1.165, 1.54) is 10.9 Å². The zero-order chi connectivity index (χ0) is 13.8. The van der Waals surface area contributed by atoms with Crippen LogP contribution in [0.5, 0.6) is 0 Å². The molecule has 0 saturated carbocycles. The normalized spacial score (nSPS) is 10.4. The van der Waals surface area contributed by atoms with Gasteiger partial charge in [-0.15, -0.1) is 11.3 Å². The van der Waals surface area contributed by atoms with Gasteiger partial charge in [0, 0.05) is 41.9 Å². The number of anilines is 1. The molecule has 1 heterocycles. The summed E-state index contributed by atoms with van der Waals surface area (Å²) in [5, 5.41) is 15.0. The molecule has 0 aliphatic heterocycles. The van der Waals surface area contributed by atoms with Crippen LogP contribution in [-0.4, -0.2) is 16.5 Å². The molecule has 0 bridgehead atoms. The summed E-state index contributed by atoms with van der Waals surface area (Å²) in [5.41, 5.74) is 1.93. The molecule has 6 heteroatoms. The van der Waals surface area contributed by atoms with Crippen LogP contribution in [0.15, 0.2) is 24.4 Å². The topological polar surface area (TPSA) is 68.1 Å². The Morgan fingerprint density at radius 1 is 1.42 bits per heavy atom. The molecule has 19 heavy (non-hydrogen) atoms. The molecule has 1 N–H and O–H groups in total. The first-order valence-corrected chi connectivity index (χ1v) is 6.78. The van der Waals surface area contributed by atoms with Crippen LogP contribution in [-0.2, 0) is 6.42 Å². The number of hydrogen-bond acceptors (Lipinski definition) is 5. The Hall–Kier alpha value is -1.95. The maximum Gasteiger partial charge on any atom is 0.269 e. The molecule has 0 spiro atoms. The number of nitro groups is 1. The molecule has 0 aliphatic carbocycles. The molecule has 0 fully saturated rings. The van der Waals surface area contributed by atoms with Crippen molar-refractivity contribution in [2.45, 2.75) is 20.3 Å². The number of benzene rings is 1. The van der Waals surface area contributed by atoms with E-state index in [1.807, 2.05) is 20.0 Å². The molecule has 2 rings (SSSR count). The minimum Gasteiger partial charge on any atom is -0.384 e. The molecule has 0 aliphatic rings. The first-order chi connectivity index (χ1) is 9.06. The number of aryl methyl sites for hydroxylation is 2. The number of nitro benzene ring substituents is 1. The van der Waals surface area contributed by atoms with E-state index in [0.29, 0.717) is 0 Å². The van der Waals surface area contributed by atoms with E-state index in [0.717, 1.165) is 29.2 Å². The van der Waals surface area contributed by atoms with Gasteiger partial charge in [0.1, 0.15) is 0 Å². The summed E-state index contributed by atoms with van der Waals surface area (Å²) in [5.74, 6) is 0. The van der Waals surface area contributed by atoms with E-state index in [-0.39, 0.29) is 10.6 Å². The Bertz CT molecular complexity index is 595. The van der Waals surface area contributed by atoms with E-state index in [1.54, 1.807) is 23.5 Å². The molecule has 100 valence electrons. The highest BCUT2D eigenvalue weighted by molar-refractivity contribution is 7.11. The molecular weight excluding hydrogens is 262 g/mol. The number of nitrogens with one attached hydrogen (secondary N) is 1. The quantitative estimate of drug-likeness (QED) is 0.672. The first kappa shape index (κ1) is 13.5. The van der Waals surface area contributed by atoms with Gasteiger partial charge >= 0.3 is 0 Å². The lowest BCUT2D eigenvalue weighted by atomic mass is 10.2. The van der Waals surface area contributed by atoms with Gasteiger partial charge in [-0.1, -0.05) is 0 Å². The highest BCUT2D eigenvalue weighted by atomic mass is 32.1. The SMILES string of the molecule is Cc1cnc(CCNc2ccc([N+](=O)[O-])cc2C)s1. The third-order valence-electron chi connectivity index (χ3n) is 2.74. The molecular formula is C13H15N3O2S. The third kappa shape index (κ3) is 3.51. The number of rotatable bonds is 5. The van der Waals surface area contributed by atoms with Crippen molar-refractivity contribution < 1.29 is 4.92 Å². The lowest BCUT2D eigenvalue weighted by Gasteiger charge is -2.08. The summed E-state index contributed by atoms with van der Waals surface area (Å²) in [6.07, 6.45) is 2.73. The van der Waals surface area contributed by atoms with Crippen molar-refractivity contribution in [3.63, 3.8) is 0 Å². The van der Waals surface area contributed by atoms with Crippen LogP contribution in [0.2, 0.25) is 0 Å². The predicted octanol–water partition coefficient (Wildman–Crippen LogP) is 3.32. The van der Waals surface area contributed by atoms with Crippen molar-refractivity contribution >= 4 is 22.7 Å². The summed E-state index contributed by atoms with van der Waals surface area (Å²) in [6.45, 7) is 4.67. The minimum atomic E-state index is -0.380. The Labute approximate surface area is 115 Å². The van der Waals surface area contributed by atoms with Gasteiger partial charge in [0.2, 0.25) is 0 Å². The Balaban J connectivity index is 1.94. The van der Waals surface area contributed by atoms with Crippen molar-refractivity contribution in [3.05, 3.63) is 50.0 Å². The molecule has 1 aromatic carbocycles. The van der Waals surface area contributed by atoms with Crippen LogP contribution in [0, 0.1) is 24.0 Å². The molecule has 0 radical (unpaired) electrons. The van der Waals surface area contributed by atoms with Gasteiger partial charge in [-0.25, -0.2) is 4.98 Å². The monoisotopic (exact) mass is 277 g/mol. The van der Waals surface area contributed by atoms with Gasteiger partial charge in [-0.2, -0.15) is 0 Å². The summed E-state index contributed by atoms with van der Waals surface area (Å²) >= 11 is 1.69. The lowest BCUT2D eigenvalue weighted by molar-refractivity contribution is -0.384. The maximum absolute atomic E-state index is 10.6. The fraction of sp³-hybridized carbons (Fsp3) is 0.308. The summed E-state index contributed by atoms with van der Waals surface area (Å²) in [7, 11) is 0. The van der Waals surface area contributed by atoms with E-state index in [2.05, 4.69) is 10.3 Å². The molecule has 1 aromatic heterocycles. The van der Waals surface area contributed by atoms with Crippen LogP contribution < -0.4 is 5.32 Å². The van der Waals surface area contributed by atoms with Crippen LogP contribution in [0.1, 0.15) is 15.4 Å². The van der Waals surface area contributed by atoms with Crippen molar-refractivity contribution in [3.8, 4) is 0 Å². The maximum atomic E-state index is 10.6. The van der Waals surface area contributed by atoms with Gasteiger partial charge < -0.3 is 5.32 Å². The van der Waals surface area contributed by atoms with E-state index >= 15 is 0 Å². The van der Waals surface area contributed by atoms with Crippen LogP contribution in [0.3, 0.4) is 0 Å². The fourth-order valence-corrected chi connectivity index (χ4v) is 2.57. The van der Waals surface area contributed by atoms with E-state index in [4.69, 9.17) is 0 Å². The second-order valence-electron chi connectivity index (χ2n) is 4.30. The summed E-state index contributed by atoms with van der Waals surface area (Å²) in [6, 6.07) is 4.85. The highest BCUT2D eigenvalue weighted by Crippen LogP contribution is 2.21. The Kier molecular flexibility index (Phi) is 4.11. The van der Waals surface area contributed by atoms with Crippen LogP contribution >= 0.6 is 11.3 Å². The second-order valence-corrected chi connectivity index (χ2v) is 5.62. The minimum absolute atomic E-state index is 0.124. The van der Waals surface area contributed by atoms with Crippen molar-refractivity contribution in [2.75, 3.05) is 11.9 Å². The van der Waals surface area contributed by atoms with Crippen molar-refractivity contribution in [2.24, 2.45) is 0 Å². The zero-order valence-electron chi connectivity index (χ0n) is 10.8. The van der Waals surface area contributed by atoms with Gasteiger partial charge in [0.05, 0.1) is 9.93 Å². The standard InChI is InChI=1S/C13H15N3O2S/c1-9-7-11(16(17)18)3-4-12(9)14-6-5-13-15-8-10(2)19-13/h3-4,7-8,14H,5-6H2,1-2H3. The Morgan fingerprint density at radius 3 is 2.79 bits per heavy atom. The van der Waals surface area contributed by atoms with Gasteiger partial charge in [-0.3, -0.25) is 10.1 Å². The van der Waals surface area contributed by atoms with Crippen LogP contribution in [0.4, 0.5) is 11.4 Å². The Morgan fingerprint density at radius 2 is 2.21 bits per heavy atom. The molecule has 0 atom stereocenters. The number of non-ortho nitro benzene ring substituents is 1. The number of nitrogens with zero attached hydrogens (tertiary/aromatic N) is 2. The average molecular weight is 277 g/mol. The molecule has 0 unspecified atom stereocenters. The first-order valence-electron chi connectivity index (χ1n) is 5.96. The van der Waals surface area contributed by atoms with Gasteiger partial charge in [0.25, 0.3) is 5.69 Å². The molecule has 0 amide bonds. The van der Waals surface area contributed by atoms with Crippen LogP contribution in [0.25, 0.3) is 0 Å². The highest BCUT2D eigenvalue weighted by Gasteiger charge is 2.07. The average Bonchev–Trinajstić information content (AvgIpc) is 2.77. The zero-order valence-corrected chi connectivity index (χ0v) is 11.7. The third-order valence-corrected chi connectivity index (χ3v) is 3.72. The predicted molar refractivity (Wildman–Crippen MR) is 76.9 cm³/mol. The van der Waals surface area contributed by atoms with E-state index in [9.17, 15) is 10.1 Å². The molecule has 2 aromatic rings. The summed E-state index contributed by atoms with van der Waals surface area (Å²) in [4.78, 5) is 15.8. The molecule has 0 saturated heterocycles. The number of hydrogen-bond donors (Lipinski definition) is 1. The largest absolute Gasteiger partial charge is 0.384 e. The lowest BCUT2D eigenvalue weighted by Crippen LogP contribution is -2.06. The number of aromatic nitrogens is 1. The van der Waals surface area contributed by atoms with Gasteiger partial charge in [0.15, 0.2) is 0 Å². The fourth-order valence-electron chi connectivity index (χ4n) is 1.78. The smallest absolute Gasteiger partial charge is 0.269 e. The van der Waals surface area contributed by atoms with Crippen molar-refractivity contribution in [1.82, 2.24) is 4.98 Å². The number of thiazole rings is 1.